The van der Waals surface area contributed by atoms with Crippen LogP contribution in [0.25, 0.3) is 0 Å². The molecule has 0 amide bonds. The number of phenolic OH excluding ortho intramolecular Hbond substituents is 1. The van der Waals surface area contributed by atoms with Crippen LogP contribution in [0.5, 0.6) is 5.75 Å². The first-order valence-corrected chi connectivity index (χ1v) is 4.97. The number of benzene rings is 1. The summed E-state index contributed by atoms with van der Waals surface area (Å²) in [7, 11) is 0. The van der Waals surface area contributed by atoms with Crippen molar-refractivity contribution in [2.45, 2.75) is 6.42 Å². The molecule has 0 bridgehead atoms. The molecule has 1 N–H and O–H groups in total. The molecule has 0 spiro atoms. The van der Waals surface area contributed by atoms with Crippen LogP contribution in [0.3, 0.4) is 0 Å². The zero-order chi connectivity index (χ0) is 11.4. The standard InChI is InChI=1S/C14H10O2/c15-13-8-4-3-7-12(13)14(16)10-9-11-5-1-2-6-11/h1-5,7-8,15H,6H2. The Morgan fingerprint density at radius 2 is 2.12 bits per heavy atom. The van der Waals surface area contributed by atoms with E-state index in [4.69, 9.17) is 0 Å². The van der Waals surface area contributed by atoms with Crippen LogP contribution in [-0.2, 0) is 0 Å². The Kier molecular flexibility index (Phi) is 2.88. The van der Waals surface area contributed by atoms with Gasteiger partial charge in [0.05, 0.1) is 5.56 Å². The molecule has 1 aromatic rings. The summed E-state index contributed by atoms with van der Waals surface area (Å²) in [5, 5.41) is 9.46. The van der Waals surface area contributed by atoms with Crippen LogP contribution >= 0.6 is 0 Å². The first-order chi connectivity index (χ1) is 7.77. The quantitative estimate of drug-likeness (QED) is 0.439. The van der Waals surface area contributed by atoms with Gasteiger partial charge in [0.2, 0.25) is 5.78 Å². The molecular weight excluding hydrogens is 200 g/mol. The zero-order valence-corrected chi connectivity index (χ0v) is 8.60. The Morgan fingerprint density at radius 1 is 1.31 bits per heavy atom. The number of carbonyl (C=O) groups excluding carboxylic acids is 1. The molecule has 0 heterocycles. The van der Waals surface area contributed by atoms with E-state index in [1.807, 2.05) is 18.2 Å². The first-order valence-electron chi connectivity index (χ1n) is 4.97. The highest BCUT2D eigenvalue weighted by atomic mass is 16.3. The second kappa shape index (κ2) is 4.50. The molecule has 2 heteroatoms. The number of hydrogen-bond donors (Lipinski definition) is 1. The van der Waals surface area contributed by atoms with Gasteiger partial charge in [-0.2, -0.15) is 0 Å². The van der Waals surface area contributed by atoms with Crippen LogP contribution < -0.4 is 0 Å². The zero-order valence-electron chi connectivity index (χ0n) is 8.60. The fourth-order valence-corrected chi connectivity index (χ4v) is 1.41. The molecule has 0 fully saturated rings. The van der Waals surface area contributed by atoms with Crippen molar-refractivity contribution in [2.75, 3.05) is 0 Å². The topological polar surface area (TPSA) is 37.3 Å². The Labute approximate surface area is 93.9 Å². The van der Waals surface area contributed by atoms with Crippen LogP contribution in [0.1, 0.15) is 16.8 Å². The number of hydrogen-bond acceptors (Lipinski definition) is 2. The lowest BCUT2D eigenvalue weighted by atomic mass is 10.1. The third kappa shape index (κ3) is 2.21. The van der Waals surface area contributed by atoms with Crippen LogP contribution in [-0.4, -0.2) is 10.9 Å². The average molecular weight is 210 g/mol. The molecule has 0 saturated heterocycles. The van der Waals surface area contributed by atoms with Gasteiger partial charge in [-0.15, -0.1) is 0 Å². The fourth-order valence-electron chi connectivity index (χ4n) is 1.41. The van der Waals surface area contributed by atoms with Crippen molar-refractivity contribution in [1.29, 1.82) is 0 Å². The number of allylic oxidation sites excluding steroid dienone is 4. The minimum atomic E-state index is -0.356. The van der Waals surface area contributed by atoms with Crippen molar-refractivity contribution >= 4 is 5.78 Å². The van der Waals surface area contributed by atoms with Gasteiger partial charge in [0.25, 0.3) is 0 Å². The normalized spacial score (nSPS) is 12.9. The minimum Gasteiger partial charge on any atom is -0.507 e. The summed E-state index contributed by atoms with van der Waals surface area (Å²) in [6.07, 6.45) is 6.55. The molecular formula is C14H10O2. The summed E-state index contributed by atoms with van der Waals surface area (Å²) < 4.78 is 0. The molecule has 0 radical (unpaired) electrons. The van der Waals surface area contributed by atoms with Gasteiger partial charge >= 0.3 is 0 Å². The Balaban J connectivity index is 2.18. The maximum atomic E-state index is 11.6. The number of Topliss-reactive ketones (excluding diaryl/α,β-unsaturated/α-hetero) is 1. The van der Waals surface area contributed by atoms with Gasteiger partial charge in [0, 0.05) is 5.57 Å². The SMILES string of the molecule is O=C(C#CC1=CC=CC1)c1ccccc1O. The van der Waals surface area contributed by atoms with E-state index < -0.39 is 0 Å². The van der Waals surface area contributed by atoms with E-state index in [2.05, 4.69) is 11.8 Å². The smallest absolute Gasteiger partial charge is 0.239 e. The van der Waals surface area contributed by atoms with Crippen LogP contribution in [0.4, 0.5) is 0 Å². The molecule has 0 unspecified atom stereocenters. The van der Waals surface area contributed by atoms with E-state index >= 15 is 0 Å². The lowest BCUT2D eigenvalue weighted by Gasteiger charge is -1.96. The fraction of sp³-hybridized carbons (Fsp3) is 0.0714. The van der Waals surface area contributed by atoms with Crippen molar-refractivity contribution in [3.8, 4) is 17.6 Å². The third-order valence-electron chi connectivity index (χ3n) is 2.26. The summed E-state index contributed by atoms with van der Waals surface area (Å²) in [5.41, 5.74) is 1.17. The van der Waals surface area contributed by atoms with Gasteiger partial charge in [-0.3, -0.25) is 4.79 Å². The number of aromatic hydroxyl groups is 1. The highest BCUT2D eigenvalue weighted by Crippen LogP contribution is 2.16. The largest absolute Gasteiger partial charge is 0.507 e. The second-order valence-electron chi connectivity index (χ2n) is 3.42. The molecule has 1 aromatic carbocycles. The van der Waals surface area contributed by atoms with Gasteiger partial charge < -0.3 is 5.11 Å². The monoisotopic (exact) mass is 210 g/mol. The Morgan fingerprint density at radius 3 is 2.81 bits per heavy atom. The average Bonchev–Trinajstić information content (AvgIpc) is 2.79. The van der Waals surface area contributed by atoms with Crippen molar-refractivity contribution in [2.24, 2.45) is 0 Å². The van der Waals surface area contributed by atoms with E-state index in [9.17, 15) is 9.90 Å². The highest BCUT2D eigenvalue weighted by Gasteiger charge is 2.06. The summed E-state index contributed by atoms with van der Waals surface area (Å²) in [4.78, 5) is 11.6. The predicted molar refractivity (Wildman–Crippen MR) is 62.1 cm³/mol. The van der Waals surface area contributed by atoms with Crippen LogP contribution in [0.2, 0.25) is 0 Å². The van der Waals surface area contributed by atoms with Crippen molar-refractivity contribution in [3.05, 3.63) is 53.6 Å². The molecule has 16 heavy (non-hydrogen) atoms. The van der Waals surface area contributed by atoms with Crippen molar-refractivity contribution < 1.29 is 9.90 Å². The number of carbonyl (C=O) groups is 1. The van der Waals surface area contributed by atoms with Crippen LogP contribution in [0, 0.1) is 11.8 Å². The first kappa shape index (κ1) is 10.3. The summed E-state index contributed by atoms with van der Waals surface area (Å²) in [6.45, 7) is 0. The van der Waals surface area contributed by atoms with Crippen LogP contribution in [0.15, 0.2) is 48.1 Å². The van der Waals surface area contributed by atoms with E-state index in [0.29, 0.717) is 0 Å². The molecule has 0 atom stereocenters. The van der Waals surface area contributed by atoms with E-state index in [1.165, 1.54) is 6.07 Å². The molecule has 1 aliphatic rings. The molecule has 0 saturated carbocycles. The van der Waals surface area contributed by atoms with Gasteiger partial charge in [-0.1, -0.05) is 36.3 Å². The van der Waals surface area contributed by atoms with E-state index in [1.54, 1.807) is 18.2 Å². The predicted octanol–water partition coefficient (Wildman–Crippen LogP) is 2.46. The lowest BCUT2D eigenvalue weighted by Crippen LogP contribution is -1.95. The minimum absolute atomic E-state index is 0.0275. The lowest BCUT2D eigenvalue weighted by molar-refractivity contribution is 0.105. The summed E-state index contributed by atoms with van der Waals surface area (Å²) in [6, 6.07) is 6.41. The highest BCUT2D eigenvalue weighted by molar-refractivity contribution is 6.10. The molecule has 0 aromatic heterocycles. The number of para-hydroxylation sites is 1. The van der Waals surface area contributed by atoms with Gasteiger partial charge in [0.15, 0.2) is 0 Å². The Hall–Kier alpha value is -2.27. The molecule has 0 aliphatic heterocycles. The van der Waals surface area contributed by atoms with E-state index in [-0.39, 0.29) is 17.1 Å². The van der Waals surface area contributed by atoms with E-state index in [0.717, 1.165) is 12.0 Å². The summed E-state index contributed by atoms with van der Waals surface area (Å²) in [5.74, 6) is 4.94. The second-order valence-corrected chi connectivity index (χ2v) is 3.42. The van der Waals surface area contributed by atoms with Gasteiger partial charge in [-0.25, -0.2) is 0 Å². The summed E-state index contributed by atoms with van der Waals surface area (Å²) >= 11 is 0. The molecule has 2 rings (SSSR count). The van der Waals surface area contributed by atoms with Gasteiger partial charge in [0.1, 0.15) is 5.75 Å². The molecule has 78 valence electrons. The third-order valence-corrected chi connectivity index (χ3v) is 2.26. The van der Waals surface area contributed by atoms with Gasteiger partial charge in [-0.05, 0) is 24.5 Å². The number of rotatable bonds is 1. The molecule has 1 aliphatic carbocycles. The van der Waals surface area contributed by atoms with Crippen molar-refractivity contribution in [1.82, 2.24) is 0 Å². The molecule has 2 nitrogen and oxygen atoms in total. The maximum absolute atomic E-state index is 11.6. The number of ketones is 1. The number of phenols is 1. The maximum Gasteiger partial charge on any atom is 0.239 e. The Bertz CT molecular complexity index is 539. The van der Waals surface area contributed by atoms with Crippen molar-refractivity contribution in [3.63, 3.8) is 0 Å².